The molecule has 0 spiro atoms. The van der Waals surface area contributed by atoms with E-state index in [9.17, 15) is 18.8 Å². The van der Waals surface area contributed by atoms with Crippen LogP contribution in [0.25, 0.3) is 6.08 Å². The number of thioether (sulfide) groups is 1. The Morgan fingerprint density at radius 2 is 1.60 bits per heavy atom. The van der Waals surface area contributed by atoms with E-state index in [-0.39, 0.29) is 27.4 Å². The lowest BCUT2D eigenvalue weighted by Crippen LogP contribution is -2.30. The molecule has 0 fully saturated rings. The summed E-state index contributed by atoms with van der Waals surface area (Å²) in [4.78, 5) is 40.0. The number of anilines is 2. The molecular weight excluding hydrogens is 573 g/mol. The van der Waals surface area contributed by atoms with Crippen LogP contribution in [0.2, 0.25) is 5.02 Å². The fourth-order valence-electron chi connectivity index (χ4n) is 3.93. The van der Waals surface area contributed by atoms with Crippen molar-refractivity contribution in [3.63, 3.8) is 0 Å². The maximum absolute atomic E-state index is 14.6. The zero-order chi connectivity index (χ0) is 30.1. The van der Waals surface area contributed by atoms with Crippen LogP contribution in [0.4, 0.5) is 15.8 Å². The maximum Gasteiger partial charge on any atom is 0.272 e. The smallest absolute Gasteiger partial charge is 0.272 e. The Bertz CT molecular complexity index is 1590. The Labute approximate surface area is 253 Å². The number of amides is 3. The Morgan fingerprint density at radius 3 is 2.29 bits per heavy atom. The second-order valence-corrected chi connectivity index (χ2v) is 11.0. The molecule has 0 aliphatic rings. The van der Waals surface area contributed by atoms with Gasteiger partial charge in [-0.05, 0) is 74.0 Å². The standard InChI is InChI=1S/C33H29ClFN3O3S/c1-3-30(33(41)36-23-17-15-21(2)16-18-23)42-25-12-7-11-24(19-25)37-32(40)29(20-26-27(34)13-8-14-28(26)35)38-31(39)22-9-5-4-6-10-22/h4-20,30H,3H2,1-2H3,(H,36,41)(H,37,40)(H,38,39)/b29-20+. The van der Waals surface area contributed by atoms with Gasteiger partial charge in [-0.15, -0.1) is 11.8 Å². The van der Waals surface area contributed by atoms with Crippen molar-refractivity contribution in [3.8, 4) is 0 Å². The molecule has 4 aromatic carbocycles. The van der Waals surface area contributed by atoms with Gasteiger partial charge in [-0.25, -0.2) is 4.39 Å². The molecule has 9 heteroatoms. The third kappa shape index (κ3) is 8.31. The van der Waals surface area contributed by atoms with Crippen LogP contribution < -0.4 is 16.0 Å². The predicted molar refractivity (Wildman–Crippen MR) is 168 cm³/mol. The van der Waals surface area contributed by atoms with Crippen molar-refractivity contribution in [3.05, 3.63) is 130 Å². The Balaban J connectivity index is 1.53. The van der Waals surface area contributed by atoms with E-state index in [0.717, 1.165) is 16.1 Å². The first-order chi connectivity index (χ1) is 20.2. The van der Waals surface area contributed by atoms with Crippen LogP contribution in [0.3, 0.4) is 0 Å². The van der Waals surface area contributed by atoms with E-state index in [1.54, 1.807) is 48.5 Å². The van der Waals surface area contributed by atoms with E-state index in [1.165, 1.54) is 36.0 Å². The molecule has 3 amide bonds. The summed E-state index contributed by atoms with van der Waals surface area (Å²) in [6.07, 6.45) is 1.79. The van der Waals surface area contributed by atoms with E-state index >= 15 is 0 Å². The number of hydrogen-bond acceptors (Lipinski definition) is 4. The topological polar surface area (TPSA) is 87.3 Å². The van der Waals surface area contributed by atoms with Gasteiger partial charge in [-0.1, -0.05) is 66.6 Å². The highest BCUT2D eigenvalue weighted by Gasteiger charge is 2.20. The first-order valence-electron chi connectivity index (χ1n) is 13.2. The summed E-state index contributed by atoms with van der Waals surface area (Å²) in [7, 11) is 0. The van der Waals surface area contributed by atoms with Gasteiger partial charge in [-0.2, -0.15) is 0 Å². The summed E-state index contributed by atoms with van der Waals surface area (Å²) in [6, 6.07) is 27.1. The van der Waals surface area contributed by atoms with Crippen LogP contribution >= 0.6 is 23.4 Å². The minimum absolute atomic E-state index is 0.0349. The van der Waals surface area contributed by atoms with Gasteiger partial charge in [0.1, 0.15) is 11.5 Å². The van der Waals surface area contributed by atoms with Crippen molar-refractivity contribution in [1.82, 2.24) is 5.32 Å². The molecule has 0 saturated carbocycles. The fraction of sp³-hybridized carbons (Fsp3) is 0.121. The van der Waals surface area contributed by atoms with Crippen molar-refractivity contribution in [1.29, 1.82) is 0 Å². The molecule has 4 aromatic rings. The van der Waals surface area contributed by atoms with Gasteiger partial charge >= 0.3 is 0 Å². The minimum Gasteiger partial charge on any atom is -0.325 e. The van der Waals surface area contributed by atoms with Gasteiger partial charge in [0.15, 0.2) is 0 Å². The molecular formula is C33H29ClFN3O3S. The average molecular weight is 602 g/mol. The SMILES string of the molecule is CCC(Sc1cccc(NC(=O)/C(=C\c2c(F)cccc2Cl)NC(=O)c2ccccc2)c1)C(=O)Nc1ccc(C)cc1. The molecule has 0 aliphatic carbocycles. The third-order valence-corrected chi connectivity index (χ3v) is 7.86. The van der Waals surface area contributed by atoms with Crippen LogP contribution in [0, 0.1) is 12.7 Å². The molecule has 4 rings (SSSR count). The zero-order valence-corrected chi connectivity index (χ0v) is 24.6. The molecule has 6 nitrogen and oxygen atoms in total. The highest BCUT2D eigenvalue weighted by atomic mass is 35.5. The van der Waals surface area contributed by atoms with Gasteiger partial charge < -0.3 is 16.0 Å². The lowest BCUT2D eigenvalue weighted by Gasteiger charge is -2.16. The van der Waals surface area contributed by atoms with Crippen molar-refractivity contribution in [2.75, 3.05) is 10.6 Å². The Kier molecular flexibility index (Phi) is 10.5. The van der Waals surface area contributed by atoms with Crippen LogP contribution in [-0.4, -0.2) is 23.0 Å². The van der Waals surface area contributed by atoms with Crippen LogP contribution in [0.15, 0.2) is 108 Å². The number of halogens is 2. The van der Waals surface area contributed by atoms with Gasteiger partial charge in [0.05, 0.1) is 10.3 Å². The number of carbonyl (C=O) groups is 3. The quantitative estimate of drug-likeness (QED) is 0.128. The second kappa shape index (κ2) is 14.5. The number of carbonyl (C=O) groups excluding carboxylic acids is 3. The lowest BCUT2D eigenvalue weighted by atomic mass is 10.1. The molecule has 3 N–H and O–H groups in total. The number of nitrogens with one attached hydrogen (secondary N) is 3. The molecule has 0 aliphatic heterocycles. The molecule has 0 radical (unpaired) electrons. The molecule has 0 saturated heterocycles. The number of rotatable bonds is 10. The predicted octanol–water partition coefficient (Wildman–Crippen LogP) is 7.71. The second-order valence-electron chi connectivity index (χ2n) is 9.37. The summed E-state index contributed by atoms with van der Waals surface area (Å²) in [5.41, 5.74) is 2.34. The summed E-state index contributed by atoms with van der Waals surface area (Å²) in [5.74, 6) is -1.99. The molecule has 0 heterocycles. The normalized spacial score (nSPS) is 11.9. The number of benzene rings is 4. The van der Waals surface area contributed by atoms with Crippen LogP contribution in [-0.2, 0) is 9.59 Å². The van der Waals surface area contributed by atoms with Crippen molar-refractivity contribution in [2.45, 2.75) is 30.4 Å². The number of hydrogen-bond donors (Lipinski definition) is 3. The van der Waals surface area contributed by atoms with Crippen LogP contribution in [0.1, 0.15) is 34.8 Å². The zero-order valence-electron chi connectivity index (χ0n) is 23.0. The summed E-state index contributed by atoms with van der Waals surface area (Å²) in [5, 5.41) is 8.00. The first kappa shape index (κ1) is 30.6. The van der Waals surface area contributed by atoms with Gasteiger partial charge in [0.25, 0.3) is 11.8 Å². The molecule has 42 heavy (non-hydrogen) atoms. The first-order valence-corrected chi connectivity index (χ1v) is 14.5. The molecule has 0 aromatic heterocycles. The molecule has 1 unspecified atom stereocenters. The van der Waals surface area contributed by atoms with E-state index < -0.39 is 17.6 Å². The van der Waals surface area contributed by atoms with Crippen molar-refractivity contribution >= 4 is 58.5 Å². The van der Waals surface area contributed by atoms with E-state index in [4.69, 9.17) is 11.6 Å². The Hall–Kier alpha value is -4.40. The largest absolute Gasteiger partial charge is 0.325 e. The van der Waals surface area contributed by atoms with Crippen LogP contribution in [0.5, 0.6) is 0 Å². The lowest BCUT2D eigenvalue weighted by molar-refractivity contribution is -0.116. The molecule has 1 atom stereocenters. The summed E-state index contributed by atoms with van der Waals surface area (Å²) < 4.78 is 14.6. The Morgan fingerprint density at radius 1 is 0.881 bits per heavy atom. The summed E-state index contributed by atoms with van der Waals surface area (Å²) in [6.45, 7) is 3.91. The van der Waals surface area contributed by atoms with Crippen molar-refractivity contribution in [2.24, 2.45) is 0 Å². The van der Waals surface area contributed by atoms with E-state index in [2.05, 4.69) is 16.0 Å². The average Bonchev–Trinajstić information content (AvgIpc) is 2.99. The third-order valence-electron chi connectivity index (χ3n) is 6.17. The van der Waals surface area contributed by atoms with E-state index in [1.807, 2.05) is 44.2 Å². The number of aryl methyl sites for hydroxylation is 1. The maximum atomic E-state index is 14.6. The molecule has 0 bridgehead atoms. The molecule has 214 valence electrons. The monoisotopic (exact) mass is 601 g/mol. The van der Waals surface area contributed by atoms with E-state index in [0.29, 0.717) is 17.7 Å². The highest BCUT2D eigenvalue weighted by molar-refractivity contribution is 8.00. The van der Waals surface area contributed by atoms with Crippen molar-refractivity contribution < 1.29 is 18.8 Å². The fourth-order valence-corrected chi connectivity index (χ4v) is 5.16. The van der Waals surface area contributed by atoms with Gasteiger partial charge in [0.2, 0.25) is 5.91 Å². The highest BCUT2D eigenvalue weighted by Crippen LogP contribution is 2.29. The van der Waals surface area contributed by atoms with Gasteiger partial charge in [-0.3, -0.25) is 14.4 Å². The summed E-state index contributed by atoms with van der Waals surface area (Å²) >= 11 is 7.56. The van der Waals surface area contributed by atoms with Gasteiger partial charge in [0, 0.05) is 27.4 Å². The minimum atomic E-state index is -0.676.